The summed E-state index contributed by atoms with van der Waals surface area (Å²) in [7, 11) is 1.56. The van der Waals surface area contributed by atoms with E-state index in [2.05, 4.69) is 20.6 Å². The van der Waals surface area contributed by atoms with Crippen molar-refractivity contribution in [3.05, 3.63) is 114 Å². The second-order valence-electron chi connectivity index (χ2n) is 11.6. The summed E-state index contributed by atoms with van der Waals surface area (Å²) in [6, 6.07) is 23.6. The average molecular weight is 658 g/mol. The van der Waals surface area contributed by atoms with Gasteiger partial charge in [-0.05, 0) is 68.3 Å². The number of aryl methyl sites for hydroxylation is 1. The minimum absolute atomic E-state index is 0.00571. The predicted octanol–water partition coefficient (Wildman–Crippen LogP) is 7.44. The van der Waals surface area contributed by atoms with Crippen LogP contribution in [0.5, 0.6) is 23.1 Å². The smallest absolute Gasteiger partial charge is 0.255 e. The van der Waals surface area contributed by atoms with E-state index < -0.39 is 0 Å². The Morgan fingerprint density at radius 3 is 2.51 bits per heavy atom. The molecular weight excluding hydrogens is 622 g/mol. The van der Waals surface area contributed by atoms with E-state index in [1.165, 1.54) is 12.4 Å². The number of fused-ring (bicyclic) bond motifs is 2. The lowest BCUT2D eigenvalue weighted by atomic mass is 10.1. The first-order valence-electron chi connectivity index (χ1n) is 15.6. The molecule has 0 radical (unpaired) electrons. The molecule has 11 heteroatoms. The number of benzene rings is 4. The third kappa shape index (κ3) is 7.46. The highest BCUT2D eigenvalue weighted by atomic mass is 16.5. The van der Waals surface area contributed by atoms with Crippen molar-refractivity contribution in [1.82, 2.24) is 15.3 Å². The van der Waals surface area contributed by atoms with Gasteiger partial charge in [0.05, 0.1) is 35.0 Å². The maximum Gasteiger partial charge on any atom is 0.255 e. The van der Waals surface area contributed by atoms with Crippen molar-refractivity contribution in [2.24, 2.45) is 0 Å². The van der Waals surface area contributed by atoms with Gasteiger partial charge in [-0.2, -0.15) is 0 Å². The van der Waals surface area contributed by atoms with Gasteiger partial charge in [-0.3, -0.25) is 9.59 Å². The number of nitrogen functional groups attached to an aromatic ring is 1. The van der Waals surface area contributed by atoms with Crippen molar-refractivity contribution in [1.29, 1.82) is 0 Å². The molecule has 0 saturated heterocycles. The number of ether oxygens (including phenoxy) is 3. The number of carbonyl (C=O) groups is 2. The van der Waals surface area contributed by atoms with E-state index in [0.29, 0.717) is 67.7 Å². The van der Waals surface area contributed by atoms with Crippen molar-refractivity contribution >= 4 is 51.1 Å². The van der Waals surface area contributed by atoms with Gasteiger partial charge in [0.1, 0.15) is 30.0 Å². The number of furan rings is 1. The molecule has 0 spiro atoms. The zero-order valence-corrected chi connectivity index (χ0v) is 27.4. The Morgan fingerprint density at radius 2 is 1.76 bits per heavy atom. The van der Waals surface area contributed by atoms with Crippen molar-refractivity contribution in [3.8, 4) is 23.1 Å². The molecule has 2 aromatic heterocycles. The van der Waals surface area contributed by atoms with Crippen molar-refractivity contribution in [2.75, 3.05) is 18.2 Å². The van der Waals surface area contributed by atoms with Crippen LogP contribution in [-0.4, -0.2) is 34.9 Å². The predicted molar refractivity (Wildman–Crippen MR) is 189 cm³/mol. The van der Waals surface area contributed by atoms with Crippen LogP contribution in [0.25, 0.3) is 27.9 Å². The largest absolute Gasteiger partial charge is 0.493 e. The summed E-state index contributed by atoms with van der Waals surface area (Å²) in [5.74, 6) is 1.83. The molecule has 2 heterocycles. The van der Waals surface area contributed by atoms with Crippen LogP contribution in [0.1, 0.15) is 41.1 Å². The van der Waals surface area contributed by atoms with Gasteiger partial charge in [0.2, 0.25) is 11.8 Å². The molecule has 0 aliphatic heterocycles. The first-order valence-corrected chi connectivity index (χ1v) is 15.6. The number of hydrogen-bond donors (Lipinski definition) is 3. The van der Waals surface area contributed by atoms with E-state index in [0.717, 1.165) is 11.1 Å². The van der Waals surface area contributed by atoms with Crippen LogP contribution >= 0.6 is 0 Å². The molecule has 6 rings (SSSR count). The van der Waals surface area contributed by atoms with Crippen molar-refractivity contribution < 1.29 is 28.2 Å². The van der Waals surface area contributed by atoms with Gasteiger partial charge in [0, 0.05) is 29.6 Å². The summed E-state index contributed by atoms with van der Waals surface area (Å²) in [6.07, 6.45) is 4.59. The van der Waals surface area contributed by atoms with E-state index in [-0.39, 0.29) is 24.5 Å². The highest BCUT2D eigenvalue weighted by Crippen LogP contribution is 2.37. The highest BCUT2D eigenvalue weighted by molar-refractivity contribution is 6.07. The van der Waals surface area contributed by atoms with E-state index in [9.17, 15) is 9.59 Å². The topological polar surface area (TPSA) is 151 Å². The van der Waals surface area contributed by atoms with Gasteiger partial charge in [0.25, 0.3) is 5.91 Å². The van der Waals surface area contributed by atoms with Crippen LogP contribution < -0.4 is 30.6 Å². The van der Waals surface area contributed by atoms with Crippen LogP contribution in [-0.2, 0) is 11.4 Å². The third-order valence-corrected chi connectivity index (χ3v) is 7.60. The summed E-state index contributed by atoms with van der Waals surface area (Å²) in [4.78, 5) is 33.9. The first kappa shape index (κ1) is 32.6. The maximum absolute atomic E-state index is 12.8. The number of nitrogens with zero attached hydrogens (tertiary/aromatic N) is 2. The number of methoxy groups -OCH3 is 1. The number of nitrogens with two attached hydrogens (primary N) is 1. The molecule has 49 heavy (non-hydrogen) atoms. The molecule has 0 saturated carbocycles. The zero-order valence-electron chi connectivity index (χ0n) is 27.4. The summed E-state index contributed by atoms with van der Waals surface area (Å²) >= 11 is 0. The van der Waals surface area contributed by atoms with Gasteiger partial charge in [-0.15, -0.1) is 0 Å². The Hall–Kier alpha value is -6.36. The number of anilines is 2. The van der Waals surface area contributed by atoms with E-state index >= 15 is 0 Å². The summed E-state index contributed by atoms with van der Waals surface area (Å²) < 4.78 is 23.9. The number of aromatic nitrogens is 2. The van der Waals surface area contributed by atoms with Gasteiger partial charge >= 0.3 is 0 Å². The van der Waals surface area contributed by atoms with Gasteiger partial charge in [0.15, 0.2) is 11.5 Å². The van der Waals surface area contributed by atoms with Crippen LogP contribution in [0.15, 0.2) is 95.7 Å². The quantitative estimate of drug-likeness (QED) is 0.0954. The highest BCUT2D eigenvalue weighted by Gasteiger charge is 2.20. The molecule has 6 aromatic rings. The number of hydrogen-bond acceptors (Lipinski definition) is 9. The molecule has 11 nitrogen and oxygen atoms in total. The minimum atomic E-state index is -0.280. The molecule has 2 amide bonds. The molecular formula is C38H35N5O6. The fraction of sp³-hybridized carbons (Fsp3) is 0.158. The Balaban J connectivity index is 1.16. The monoisotopic (exact) mass is 657 g/mol. The summed E-state index contributed by atoms with van der Waals surface area (Å²) in [6.45, 7) is 5.83. The van der Waals surface area contributed by atoms with E-state index in [1.54, 1.807) is 68.6 Å². The molecule has 0 fully saturated rings. The SMILES string of the molecule is COc1cc2ncnc(Oc3ccc4c(C(=O)NC(C)C)c(C)oc4c3)c2cc1OCc1ccc(/C=C/C(=O)Nc2ccccc2N)cc1. The van der Waals surface area contributed by atoms with Crippen molar-refractivity contribution in [3.63, 3.8) is 0 Å². The fourth-order valence-electron chi connectivity index (χ4n) is 5.23. The van der Waals surface area contributed by atoms with E-state index in [4.69, 9.17) is 24.4 Å². The van der Waals surface area contributed by atoms with Crippen LogP contribution in [0.4, 0.5) is 11.4 Å². The normalized spacial score (nSPS) is 11.3. The van der Waals surface area contributed by atoms with Crippen molar-refractivity contribution in [2.45, 2.75) is 33.4 Å². The summed E-state index contributed by atoms with van der Waals surface area (Å²) in [5.41, 5.74) is 10.3. The minimum Gasteiger partial charge on any atom is -0.493 e. The Kier molecular flexibility index (Phi) is 9.43. The maximum atomic E-state index is 12.8. The molecule has 0 bridgehead atoms. The molecule has 0 aliphatic rings. The second kappa shape index (κ2) is 14.2. The number of carbonyl (C=O) groups excluding carboxylic acids is 2. The lowest BCUT2D eigenvalue weighted by molar-refractivity contribution is -0.111. The average Bonchev–Trinajstić information content (AvgIpc) is 3.42. The molecule has 0 atom stereocenters. The Labute approximate surface area is 282 Å². The van der Waals surface area contributed by atoms with E-state index in [1.807, 2.05) is 44.2 Å². The van der Waals surface area contributed by atoms with Crippen LogP contribution in [0.2, 0.25) is 0 Å². The number of amides is 2. The fourth-order valence-corrected chi connectivity index (χ4v) is 5.23. The standard InChI is InChI=1S/C38H35N5O6/c1-22(2)42-37(45)36-23(3)48-32-17-26(14-15-27(32)36)49-38-28-18-34(33(46-4)19-31(28)40-21-41-38)47-20-25-11-9-24(10-12-25)13-16-35(44)43-30-8-6-5-7-29(30)39/h5-19,21-22H,20,39H2,1-4H3,(H,42,45)(H,43,44)/b16-13+. The van der Waals surface area contributed by atoms with Crippen LogP contribution in [0.3, 0.4) is 0 Å². The van der Waals surface area contributed by atoms with Gasteiger partial charge in [-0.1, -0.05) is 36.4 Å². The molecule has 4 aromatic carbocycles. The molecule has 4 N–H and O–H groups in total. The summed E-state index contributed by atoms with van der Waals surface area (Å²) in [5, 5.41) is 7.00. The number of rotatable bonds is 11. The van der Waals surface area contributed by atoms with Gasteiger partial charge < -0.3 is 35.0 Å². The Bertz CT molecular complexity index is 2190. The lowest BCUT2D eigenvalue weighted by Gasteiger charge is -2.13. The third-order valence-electron chi connectivity index (χ3n) is 7.60. The molecule has 0 unspecified atom stereocenters. The zero-order chi connectivity index (χ0) is 34.5. The molecule has 0 aliphatic carbocycles. The van der Waals surface area contributed by atoms with Crippen LogP contribution in [0, 0.1) is 6.92 Å². The first-order chi connectivity index (χ1) is 23.7. The number of nitrogens with one attached hydrogen (secondary N) is 2. The number of para-hydroxylation sites is 2. The second-order valence-corrected chi connectivity index (χ2v) is 11.6. The molecule has 248 valence electrons. The van der Waals surface area contributed by atoms with Gasteiger partial charge in [-0.25, -0.2) is 9.97 Å². The Morgan fingerprint density at radius 1 is 0.959 bits per heavy atom. The lowest BCUT2D eigenvalue weighted by Crippen LogP contribution is -2.30.